The van der Waals surface area contributed by atoms with Crippen LogP contribution in [0.3, 0.4) is 0 Å². The van der Waals surface area contributed by atoms with E-state index in [-0.39, 0.29) is 6.10 Å². The summed E-state index contributed by atoms with van der Waals surface area (Å²) in [7, 11) is 0. The molecule has 1 aromatic carbocycles. The molecule has 0 aliphatic rings. The summed E-state index contributed by atoms with van der Waals surface area (Å²) >= 11 is 7.80. The van der Waals surface area contributed by atoms with Gasteiger partial charge in [0.15, 0.2) is 0 Å². The number of halogens is 1. The van der Waals surface area contributed by atoms with Crippen LogP contribution in [0.15, 0.2) is 41.8 Å². The molecule has 1 atom stereocenters. The lowest BCUT2D eigenvalue weighted by atomic mass is 10.0. The molecule has 2 aromatic rings. The Hall–Kier alpha value is -0.830. The van der Waals surface area contributed by atoms with E-state index in [4.69, 9.17) is 11.6 Å². The highest BCUT2D eigenvalue weighted by Crippen LogP contribution is 2.19. The highest BCUT2D eigenvalue weighted by molar-refractivity contribution is 7.09. The molecular formula is C14H15ClOS. The second kappa shape index (κ2) is 6.20. The summed E-state index contributed by atoms with van der Waals surface area (Å²) in [6.07, 6.45) is 2.03. The predicted molar refractivity (Wildman–Crippen MR) is 73.8 cm³/mol. The van der Waals surface area contributed by atoms with E-state index in [1.165, 1.54) is 4.88 Å². The standard InChI is InChI=1S/C14H15ClOS/c15-14-6-2-1-4-11(14)10-12(16)7-8-13-5-3-9-17-13/h1-6,9,12,16H,7-8,10H2. The molecule has 0 bridgehead atoms. The van der Waals surface area contributed by atoms with E-state index in [1.807, 2.05) is 30.3 Å². The van der Waals surface area contributed by atoms with Gasteiger partial charge in [0.25, 0.3) is 0 Å². The molecule has 0 saturated heterocycles. The predicted octanol–water partition coefficient (Wildman–Crippen LogP) is 3.94. The molecule has 17 heavy (non-hydrogen) atoms. The summed E-state index contributed by atoms with van der Waals surface area (Å²) in [6.45, 7) is 0. The molecule has 1 N–H and O–H groups in total. The van der Waals surface area contributed by atoms with Gasteiger partial charge in [-0.15, -0.1) is 11.3 Å². The van der Waals surface area contributed by atoms with Gasteiger partial charge in [0.2, 0.25) is 0 Å². The van der Waals surface area contributed by atoms with Gasteiger partial charge < -0.3 is 5.11 Å². The third kappa shape index (κ3) is 3.84. The zero-order valence-corrected chi connectivity index (χ0v) is 11.0. The number of benzene rings is 1. The van der Waals surface area contributed by atoms with Crippen LogP contribution in [-0.4, -0.2) is 11.2 Å². The fraction of sp³-hybridized carbons (Fsp3) is 0.286. The number of hydrogen-bond acceptors (Lipinski definition) is 2. The van der Waals surface area contributed by atoms with E-state index in [2.05, 4.69) is 11.4 Å². The molecular weight excluding hydrogens is 252 g/mol. The van der Waals surface area contributed by atoms with Gasteiger partial charge in [0, 0.05) is 9.90 Å². The number of aliphatic hydroxyl groups is 1. The molecule has 1 unspecified atom stereocenters. The maximum absolute atomic E-state index is 9.97. The van der Waals surface area contributed by atoms with Crippen LogP contribution < -0.4 is 0 Å². The lowest BCUT2D eigenvalue weighted by Gasteiger charge is -2.11. The quantitative estimate of drug-likeness (QED) is 0.869. The number of hydrogen-bond donors (Lipinski definition) is 1. The first-order valence-electron chi connectivity index (χ1n) is 5.69. The molecule has 0 aliphatic carbocycles. The van der Waals surface area contributed by atoms with Gasteiger partial charge in [-0.05, 0) is 42.3 Å². The summed E-state index contributed by atoms with van der Waals surface area (Å²) < 4.78 is 0. The van der Waals surface area contributed by atoms with E-state index in [1.54, 1.807) is 11.3 Å². The van der Waals surface area contributed by atoms with Crippen LogP contribution in [0.25, 0.3) is 0 Å². The van der Waals surface area contributed by atoms with Gasteiger partial charge in [-0.1, -0.05) is 35.9 Å². The van der Waals surface area contributed by atoms with Crippen molar-refractivity contribution in [3.63, 3.8) is 0 Å². The summed E-state index contributed by atoms with van der Waals surface area (Å²) in [6, 6.07) is 11.8. The van der Waals surface area contributed by atoms with Crippen LogP contribution in [0.2, 0.25) is 5.02 Å². The maximum atomic E-state index is 9.97. The highest BCUT2D eigenvalue weighted by atomic mass is 35.5. The first kappa shape index (κ1) is 12.6. The number of thiophene rings is 1. The maximum Gasteiger partial charge on any atom is 0.0584 e. The van der Waals surface area contributed by atoms with Gasteiger partial charge in [-0.25, -0.2) is 0 Å². The van der Waals surface area contributed by atoms with Crippen LogP contribution in [-0.2, 0) is 12.8 Å². The van der Waals surface area contributed by atoms with Crippen molar-refractivity contribution in [2.45, 2.75) is 25.4 Å². The Labute approximate surface area is 111 Å². The minimum Gasteiger partial charge on any atom is -0.393 e. The molecule has 0 radical (unpaired) electrons. The first-order chi connectivity index (χ1) is 8.25. The summed E-state index contributed by atoms with van der Waals surface area (Å²) in [4.78, 5) is 1.32. The molecule has 1 aromatic heterocycles. The second-order valence-corrected chi connectivity index (χ2v) is 5.51. The molecule has 0 amide bonds. The monoisotopic (exact) mass is 266 g/mol. The van der Waals surface area contributed by atoms with E-state index in [0.717, 1.165) is 23.4 Å². The molecule has 0 spiro atoms. The number of rotatable bonds is 5. The number of aryl methyl sites for hydroxylation is 1. The smallest absolute Gasteiger partial charge is 0.0584 e. The Balaban J connectivity index is 1.85. The molecule has 90 valence electrons. The Morgan fingerprint density at radius 1 is 1.18 bits per heavy atom. The zero-order valence-electron chi connectivity index (χ0n) is 9.47. The van der Waals surface area contributed by atoms with Crippen LogP contribution in [0, 0.1) is 0 Å². The van der Waals surface area contributed by atoms with Crippen LogP contribution in [0.4, 0.5) is 0 Å². The van der Waals surface area contributed by atoms with Crippen molar-refractivity contribution in [2.24, 2.45) is 0 Å². The van der Waals surface area contributed by atoms with Gasteiger partial charge in [0.1, 0.15) is 0 Å². The Morgan fingerprint density at radius 3 is 2.71 bits per heavy atom. The topological polar surface area (TPSA) is 20.2 Å². The first-order valence-corrected chi connectivity index (χ1v) is 6.95. The largest absolute Gasteiger partial charge is 0.393 e. The van der Waals surface area contributed by atoms with Crippen LogP contribution >= 0.6 is 22.9 Å². The van der Waals surface area contributed by atoms with Crippen molar-refractivity contribution in [1.29, 1.82) is 0 Å². The van der Waals surface area contributed by atoms with Gasteiger partial charge >= 0.3 is 0 Å². The Morgan fingerprint density at radius 2 is 2.00 bits per heavy atom. The molecule has 1 nitrogen and oxygen atoms in total. The fourth-order valence-corrected chi connectivity index (χ4v) is 2.72. The van der Waals surface area contributed by atoms with Crippen LogP contribution in [0.1, 0.15) is 16.9 Å². The normalized spacial score (nSPS) is 12.6. The van der Waals surface area contributed by atoms with Crippen molar-refractivity contribution in [3.8, 4) is 0 Å². The van der Waals surface area contributed by atoms with Gasteiger partial charge in [-0.2, -0.15) is 0 Å². The molecule has 1 heterocycles. The minimum atomic E-state index is -0.322. The Bertz CT molecular complexity index is 453. The van der Waals surface area contributed by atoms with Crippen molar-refractivity contribution in [1.82, 2.24) is 0 Å². The average Bonchev–Trinajstić information content (AvgIpc) is 2.82. The lowest BCUT2D eigenvalue weighted by Crippen LogP contribution is -2.11. The molecule has 0 fully saturated rings. The van der Waals surface area contributed by atoms with Crippen molar-refractivity contribution < 1.29 is 5.11 Å². The third-order valence-electron chi connectivity index (χ3n) is 2.72. The van der Waals surface area contributed by atoms with Gasteiger partial charge in [-0.3, -0.25) is 0 Å². The van der Waals surface area contributed by atoms with Crippen LogP contribution in [0.5, 0.6) is 0 Å². The summed E-state index contributed by atoms with van der Waals surface area (Å²) in [5.41, 5.74) is 1.02. The zero-order chi connectivity index (χ0) is 12.1. The van der Waals surface area contributed by atoms with Crippen molar-refractivity contribution >= 4 is 22.9 Å². The van der Waals surface area contributed by atoms with E-state index < -0.39 is 0 Å². The summed E-state index contributed by atoms with van der Waals surface area (Å²) in [5.74, 6) is 0. The molecule has 0 saturated carbocycles. The van der Waals surface area contributed by atoms with Crippen molar-refractivity contribution in [3.05, 3.63) is 57.2 Å². The summed E-state index contributed by atoms with van der Waals surface area (Å²) in [5, 5.41) is 12.8. The van der Waals surface area contributed by atoms with E-state index in [0.29, 0.717) is 6.42 Å². The average molecular weight is 267 g/mol. The molecule has 0 aliphatic heterocycles. The molecule has 3 heteroatoms. The highest BCUT2D eigenvalue weighted by Gasteiger charge is 2.08. The van der Waals surface area contributed by atoms with Crippen molar-refractivity contribution in [2.75, 3.05) is 0 Å². The lowest BCUT2D eigenvalue weighted by molar-refractivity contribution is 0.165. The van der Waals surface area contributed by atoms with Gasteiger partial charge in [0.05, 0.1) is 6.10 Å². The minimum absolute atomic E-state index is 0.322. The van der Waals surface area contributed by atoms with E-state index >= 15 is 0 Å². The SMILES string of the molecule is OC(CCc1cccs1)Cc1ccccc1Cl. The fourth-order valence-electron chi connectivity index (χ4n) is 1.78. The molecule has 2 rings (SSSR count). The second-order valence-electron chi connectivity index (χ2n) is 4.07. The number of aliphatic hydroxyl groups excluding tert-OH is 1. The van der Waals surface area contributed by atoms with E-state index in [9.17, 15) is 5.11 Å². The third-order valence-corrected chi connectivity index (χ3v) is 4.02. The Kier molecular flexibility index (Phi) is 4.60.